The van der Waals surface area contributed by atoms with Crippen LogP contribution in [0.25, 0.3) is 0 Å². The molecule has 2 rings (SSSR count). The molecule has 4 nitrogen and oxygen atoms in total. The van der Waals surface area contributed by atoms with Crippen molar-refractivity contribution < 1.29 is 4.74 Å². The lowest BCUT2D eigenvalue weighted by Crippen LogP contribution is -2.24. The highest BCUT2D eigenvalue weighted by Crippen LogP contribution is 2.28. The van der Waals surface area contributed by atoms with Gasteiger partial charge >= 0.3 is 0 Å². The van der Waals surface area contributed by atoms with Crippen molar-refractivity contribution >= 4 is 17.4 Å². The first kappa shape index (κ1) is 12.6. The van der Waals surface area contributed by atoms with Crippen molar-refractivity contribution in [2.45, 2.75) is 19.8 Å². The molecular weight excluding hydrogens is 238 g/mol. The predicted molar refractivity (Wildman–Crippen MR) is 68.6 cm³/mol. The lowest BCUT2D eigenvalue weighted by molar-refractivity contribution is 0.130. The number of rotatable bonds is 6. The van der Waals surface area contributed by atoms with Crippen LogP contribution in [0.15, 0.2) is 6.20 Å². The fourth-order valence-corrected chi connectivity index (χ4v) is 1.77. The molecule has 0 bridgehead atoms. The van der Waals surface area contributed by atoms with Gasteiger partial charge in [-0.2, -0.15) is 0 Å². The summed E-state index contributed by atoms with van der Waals surface area (Å²) in [6.45, 7) is 4.43. The van der Waals surface area contributed by atoms with Crippen LogP contribution >= 0.6 is 11.6 Å². The molecular formula is C12H18ClN3O. The van der Waals surface area contributed by atoms with E-state index in [0.29, 0.717) is 0 Å². The Morgan fingerprint density at radius 2 is 2.29 bits per heavy atom. The zero-order valence-electron chi connectivity index (χ0n) is 10.3. The molecule has 1 saturated carbocycles. The van der Waals surface area contributed by atoms with E-state index in [1.54, 1.807) is 6.20 Å². The summed E-state index contributed by atoms with van der Waals surface area (Å²) < 4.78 is 5.60. The Labute approximate surface area is 107 Å². The fraction of sp³-hybridized carbons (Fsp3) is 0.667. The SMILES string of the molecule is Cc1cnc(Cl)nc1N(C)CCOCC1CC1. The maximum absolute atomic E-state index is 5.79. The van der Waals surface area contributed by atoms with Gasteiger partial charge in [0, 0.05) is 32.0 Å². The summed E-state index contributed by atoms with van der Waals surface area (Å²) in [4.78, 5) is 10.2. The molecule has 5 heteroatoms. The normalized spacial score (nSPS) is 15.0. The molecule has 1 fully saturated rings. The topological polar surface area (TPSA) is 38.2 Å². The van der Waals surface area contributed by atoms with Gasteiger partial charge in [0.2, 0.25) is 5.28 Å². The van der Waals surface area contributed by atoms with Crippen LogP contribution in [0, 0.1) is 12.8 Å². The number of anilines is 1. The Kier molecular flexibility index (Phi) is 4.18. The first-order valence-corrected chi connectivity index (χ1v) is 6.32. The second-order valence-electron chi connectivity index (χ2n) is 4.59. The Balaban J connectivity index is 1.80. The molecule has 0 spiro atoms. The number of hydrogen-bond acceptors (Lipinski definition) is 4. The average Bonchev–Trinajstić information content (AvgIpc) is 3.11. The van der Waals surface area contributed by atoms with Crippen LogP contribution in [0.4, 0.5) is 5.82 Å². The summed E-state index contributed by atoms with van der Waals surface area (Å²) in [7, 11) is 1.99. The minimum atomic E-state index is 0.288. The fourth-order valence-electron chi connectivity index (χ4n) is 1.64. The summed E-state index contributed by atoms with van der Waals surface area (Å²) in [5, 5.41) is 0.288. The van der Waals surface area contributed by atoms with Crippen LogP contribution < -0.4 is 4.90 Å². The second-order valence-corrected chi connectivity index (χ2v) is 4.92. The van der Waals surface area contributed by atoms with Crippen molar-refractivity contribution in [1.82, 2.24) is 9.97 Å². The number of aromatic nitrogens is 2. The van der Waals surface area contributed by atoms with Gasteiger partial charge in [-0.05, 0) is 37.3 Å². The van der Waals surface area contributed by atoms with E-state index < -0.39 is 0 Å². The molecule has 1 aromatic heterocycles. The smallest absolute Gasteiger partial charge is 0.224 e. The Bertz CT molecular complexity index is 382. The first-order valence-electron chi connectivity index (χ1n) is 5.95. The largest absolute Gasteiger partial charge is 0.379 e. The Morgan fingerprint density at radius 3 is 3.00 bits per heavy atom. The molecule has 1 aliphatic rings. The standard InChI is InChI=1S/C12H18ClN3O/c1-9-7-14-12(13)15-11(9)16(2)5-6-17-8-10-3-4-10/h7,10H,3-6,8H2,1-2H3. The molecule has 94 valence electrons. The molecule has 0 aromatic carbocycles. The summed E-state index contributed by atoms with van der Waals surface area (Å²) in [6, 6.07) is 0. The molecule has 1 heterocycles. The van der Waals surface area contributed by atoms with Crippen LogP contribution in [0.3, 0.4) is 0 Å². The van der Waals surface area contributed by atoms with Gasteiger partial charge in [-0.15, -0.1) is 0 Å². The third-order valence-electron chi connectivity index (χ3n) is 2.90. The average molecular weight is 256 g/mol. The van der Waals surface area contributed by atoms with E-state index in [0.717, 1.165) is 37.1 Å². The molecule has 0 amide bonds. The van der Waals surface area contributed by atoms with Gasteiger partial charge in [-0.3, -0.25) is 0 Å². The summed E-state index contributed by atoms with van der Waals surface area (Å²) in [5.41, 5.74) is 1.03. The summed E-state index contributed by atoms with van der Waals surface area (Å²) >= 11 is 5.79. The Morgan fingerprint density at radius 1 is 1.53 bits per heavy atom. The molecule has 0 saturated heterocycles. The van der Waals surface area contributed by atoms with E-state index in [-0.39, 0.29) is 5.28 Å². The van der Waals surface area contributed by atoms with E-state index in [1.807, 2.05) is 14.0 Å². The van der Waals surface area contributed by atoms with Gasteiger partial charge in [0.05, 0.1) is 6.61 Å². The van der Waals surface area contributed by atoms with Crippen molar-refractivity contribution in [1.29, 1.82) is 0 Å². The van der Waals surface area contributed by atoms with Crippen LogP contribution in [0.1, 0.15) is 18.4 Å². The minimum Gasteiger partial charge on any atom is -0.379 e. The lowest BCUT2D eigenvalue weighted by atomic mass is 10.3. The van der Waals surface area contributed by atoms with Crippen LogP contribution in [0.2, 0.25) is 5.28 Å². The maximum Gasteiger partial charge on any atom is 0.224 e. The predicted octanol–water partition coefficient (Wildman–Crippen LogP) is 2.30. The van der Waals surface area contributed by atoms with Crippen molar-refractivity contribution in [2.24, 2.45) is 5.92 Å². The summed E-state index contributed by atoms with van der Waals surface area (Å²) in [6.07, 6.45) is 4.40. The number of nitrogens with zero attached hydrogens (tertiary/aromatic N) is 3. The van der Waals surface area contributed by atoms with E-state index in [2.05, 4.69) is 14.9 Å². The highest BCUT2D eigenvalue weighted by Gasteiger charge is 2.21. The second kappa shape index (κ2) is 5.65. The van der Waals surface area contributed by atoms with Crippen LogP contribution in [-0.2, 0) is 4.74 Å². The van der Waals surface area contributed by atoms with E-state index in [9.17, 15) is 0 Å². The van der Waals surface area contributed by atoms with Gasteiger partial charge in [-0.1, -0.05) is 0 Å². The molecule has 0 unspecified atom stereocenters. The number of halogens is 1. The van der Waals surface area contributed by atoms with Gasteiger partial charge in [0.15, 0.2) is 0 Å². The molecule has 17 heavy (non-hydrogen) atoms. The van der Waals surface area contributed by atoms with E-state index in [4.69, 9.17) is 16.3 Å². The molecule has 0 radical (unpaired) electrons. The molecule has 1 aromatic rings. The number of aryl methyl sites for hydroxylation is 1. The van der Waals surface area contributed by atoms with Crippen LogP contribution in [0.5, 0.6) is 0 Å². The minimum absolute atomic E-state index is 0.288. The quantitative estimate of drug-likeness (QED) is 0.578. The third kappa shape index (κ3) is 3.82. The molecule has 0 aliphatic heterocycles. The van der Waals surface area contributed by atoms with E-state index in [1.165, 1.54) is 12.8 Å². The molecule has 0 atom stereocenters. The van der Waals surface area contributed by atoms with Crippen molar-refractivity contribution in [3.63, 3.8) is 0 Å². The highest BCUT2D eigenvalue weighted by molar-refractivity contribution is 6.28. The zero-order chi connectivity index (χ0) is 12.3. The summed E-state index contributed by atoms with van der Waals surface area (Å²) in [5.74, 6) is 1.69. The van der Waals surface area contributed by atoms with Crippen molar-refractivity contribution in [3.05, 3.63) is 17.0 Å². The van der Waals surface area contributed by atoms with Gasteiger partial charge in [0.1, 0.15) is 5.82 Å². The van der Waals surface area contributed by atoms with Gasteiger partial charge in [-0.25, -0.2) is 9.97 Å². The van der Waals surface area contributed by atoms with Crippen molar-refractivity contribution in [3.8, 4) is 0 Å². The monoisotopic (exact) mass is 255 g/mol. The van der Waals surface area contributed by atoms with Crippen molar-refractivity contribution in [2.75, 3.05) is 31.7 Å². The van der Waals surface area contributed by atoms with E-state index >= 15 is 0 Å². The number of ether oxygens (including phenoxy) is 1. The number of likely N-dealkylation sites (N-methyl/N-ethyl adjacent to an activating group) is 1. The van der Waals surface area contributed by atoms with Crippen LogP contribution in [-0.4, -0.2) is 36.8 Å². The third-order valence-corrected chi connectivity index (χ3v) is 3.08. The first-order chi connectivity index (χ1) is 8.16. The molecule has 1 aliphatic carbocycles. The highest BCUT2D eigenvalue weighted by atomic mass is 35.5. The van der Waals surface area contributed by atoms with Gasteiger partial charge in [0.25, 0.3) is 0 Å². The zero-order valence-corrected chi connectivity index (χ0v) is 11.1. The maximum atomic E-state index is 5.79. The molecule has 0 N–H and O–H groups in total. The Hall–Kier alpha value is -0.870. The lowest BCUT2D eigenvalue weighted by Gasteiger charge is -2.19. The number of hydrogen-bond donors (Lipinski definition) is 0. The van der Waals surface area contributed by atoms with Gasteiger partial charge < -0.3 is 9.64 Å².